The number of halogens is 1. The van der Waals surface area contributed by atoms with Crippen molar-refractivity contribution in [1.29, 1.82) is 0 Å². The predicted molar refractivity (Wildman–Crippen MR) is 84.3 cm³/mol. The normalized spacial score (nSPS) is 19.3. The molecule has 2 rings (SSSR count). The Morgan fingerprint density at radius 3 is 2.50 bits per heavy atom. The number of hydrogen-bond donors (Lipinski definition) is 1. The molecule has 1 aromatic rings. The van der Waals surface area contributed by atoms with Gasteiger partial charge < -0.3 is 14.8 Å². The molecular formula is C15H25ClN2O2. The predicted octanol–water partition coefficient (Wildman–Crippen LogP) is 2.23. The van der Waals surface area contributed by atoms with Crippen LogP contribution in [0.3, 0.4) is 0 Å². The van der Waals surface area contributed by atoms with Crippen LogP contribution in [0.4, 0.5) is 0 Å². The van der Waals surface area contributed by atoms with Gasteiger partial charge in [0, 0.05) is 32.2 Å². The minimum Gasteiger partial charge on any atom is -0.493 e. The van der Waals surface area contributed by atoms with Crippen LogP contribution in [0.5, 0.6) is 11.5 Å². The summed E-state index contributed by atoms with van der Waals surface area (Å²) in [5, 5.41) is 3.47. The molecule has 1 heterocycles. The number of nitrogens with zero attached hydrogens (tertiary/aromatic N) is 1. The molecule has 5 heteroatoms. The third kappa shape index (κ3) is 4.01. The second kappa shape index (κ2) is 7.72. The molecule has 0 radical (unpaired) electrons. The molecule has 1 N–H and O–H groups in total. The summed E-state index contributed by atoms with van der Waals surface area (Å²) in [5.41, 5.74) is 2.57. The Labute approximate surface area is 127 Å². The van der Waals surface area contributed by atoms with E-state index in [-0.39, 0.29) is 12.4 Å². The number of aryl methyl sites for hydroxylation is 1. The van der Waals surface area contributed by atoms with Gasteiger partial charge in [0.05, 0.1) is 14.2 Å². The van der Waals surface area contributed by atoms with Gasteiger partial charge >= 0.3 is 0 Å². The van der Waals surface area contributed by atoms with Crippen molar-refractivity contribution in [2.45, 2.75) is 26.4 Å². The second-order valence-corrected chi connectivity index (χ2v) is 5.22. The van der Waals surface area contributed by atoms with Gasteiger partial charge in [0.2, 0.25) is 0 Å². The first-order valence-corrected chi connectivity index (χ1v) is 6.81. The Balaban J connectivity index is 0.00000200. The monoisotopic (exact) mass is 300 g/mol. The van der Waals surface area contributed by atoms with E-state index in [9.17, 15) is 0 Å². The van der Waals surface area contributed by atoms with Crippen LogP contribution in [0.2, 0.25) is 0 Å². The lowest BCUT2D eigenvalue weighted by Crippen LogP contribution is -2.48. The molecule has 1 saturated heterocycles. The lowest BCUT2D eigenvalue weighted by molar-refractivity contribution is 0.199. The first-order chi connectivity index (χ1) is 9.13. The fourth-order valence-corrected chi connectivity index (χ4v) is 2.59. The quantitative estimate of drug-likeness (QED) is 0.924. The van der Waals surface area contributed by atoms with Crippen LogP contribution in [0.25, 0.3) is 0 Å². The Bertz CT molecular complexity index is 440. The molecule has 1 aliphatic heterocycles. The summed E-state index contributed by atoms with van der Waals surface area (Å²) in [5.74, 6) is 1.61. The highest BCUT2D eigenvalue weighted by atomic mass is 35.5. The molecule has 1 fully saturated rings. The van der Waals surface area contributed by atoms with Crippen molar-refractivity contribution in [3.63, 3.8) is 0 Å². The Morgan fingerprint density at radius 1 is 1.25 bits per heavy atom. The van der Waals surface area contributed by atoms with Gasteiger partial charge in [-0.25, -0.2) is 0 Å². The van der Waals surface area contributed by atoms with Crippen molar-refractivity contribution in [2.75, 3.05) is 33.9 Å². The zero-order chi connectivity index (χ0) is 13.8. The molecule has 1 aliphatic rings. The van der Waals surface area contributed by atoms with Crippen molar-refractivity contribution >= 4 is 12.4 Å². The molecule has 1 aromatic carbocycles. The molecule has 0 spiro atoms. The van der Waals surface area contributed by atoms with Crippen LogP contribution in [0, 0.1) is 6.92 Å². The smallest absolute Gasteiger partial charge is 0.161 e. The maximum absolute atomic E-state index is 5.39. The molecule has 0 unspecified atom stereocenters. The van der Waals surface area contributed by atoms with E-state index in [0.717, 1.165) is 37.7 Å². The second-order valence-electron chi connectivity index (χ2n) is 5.22. The molecule has 0 aliphatic carbocycles. The highest BCUT2D eigenvalue weighted by molar-refractivity contribution is 5.85. The minimum atomic E-state index is 0. The van der Waals surface area contributed by atoms with E-state index < -0.39 is 0 Å². The molecule has 0 amide bonds. The van der Waals surface area contributed by atoms with Crippen molar-refractivity contribution in [2.24, 2.45) is 0 Å². The van der Waals surface area contributed by atoms with Gasteiger partial charge in [-0.15, -0.1) is 12.4 Å². The van der Waals surface area contributed by atoms with Gasteiger partial charge in [0.15, 0.2) is 11.5 Å². The number of benzene rings is 1. The van der Waals surface area contributed by atoms with Crippen molar-refractivity contribution in [3.05, 3.63) is 23.3 Å². The van der Waals surface area contributed by atoms with Crippen LogP contribution in [-0.4, -0.2) is 44.8 Å². The molecule has 0 bridgehead atoms. The largest absolute Gasteiger partial charge is 0.493 e. The van der Waals surface area contributed by atoms with Crippen molar-refractivity contribution in [1.82, 2.24) is 10.2 Å². The van der Waals surface area contributed by atoms with Gasteiger partial charge in [-0.3, -0.25) is 4.90 Å². The summed E-state index contributed by atoms with van der Waals surface area (Å²) in [6, 6.07) is 4.72. The van der Waals surface area contributed by atoms with Crippen LogP contribution in [0.1, 0.15) is 18.1 Å². The van der Waals surface area contributed by atoms with E-state index in [2.05, 4.69) is 36.2 Å². The number of methoxy groups -OCH3 is 2. The summed E-state index contributed by atoms with van der Waals surface area (Å²) in [6.07, 6.45) is 0. The van der Waals surface area contributed by atoms with Crippen LogP contribution in [-0.2, 0) is 6.54 Å². The Kier molecular flexibility index (Phi) is 6.59. The fraction of sp³-hybridized carbons (Fsp3) is 0.600. The van der Waals surface area contributed by atoms with E-state index >= 15 is 0 Å². The standard InChI is InChI=1S/C15H24N2O2.ClH/c1-11-7-14(18-3)15(19-4)8-13(11)10-17-6-5-16-12(2)9-17;/h7-8,12,16H,5-6,9-10H2,1-4H3;1H/t12-;/m1./s1. The van der Waals surface area contributed by atoms with Gasteiger partial charge in [0.1, 0.15) is 0 Å². The zero-order valence-corrected chi connectivity index (χ0v) is 13.5. The van der Waals surface area contributed by atoms with Crippen LogP contribution >= 0.6 is 12.4 Å². The Morgan fingerprint density at radius 2 is 1.90 bits per heavy atom. The molecule has 20 heavy (non-hydrogen) atoms. The molecule has 1 atom stereocenters. The molecule has 0 saturated carbocycles. The van der Waals surface area contributed by atoms with E-state index in [1.165, 1.54) is 11.1 Å². The van der Waals surface area contributed by atoms with E-state index in [0.29, 0.717) is 6.04 Å². The van der Waals surface area contributed by atoms with Gasteiger partial charge in [-0.2, -0.15) is 0 Å². The van der Waals surface area contributed by atoms with E-state index in [1.54, 1.807) is 14.2 Å². The summed E-state index contributed by atoms with van der Waals surface area (Å²) >= 11 is 0. The van der Waals surface area contributed by atoms with Crippen LogP contribution in [0.15, 0.2) is 12.1 Å². The maximum atomic E-state index is 5.39. The first kappa shape index (κ1) is 17.1. The Hall–Kier alpha value is -0.970. The van der Waals surface area contributed by atoms with Crippen LogP contribution < -0.4 is 14.8 Å². The molecule has 4 nitrogen and oxygen atoms in total. The SMILES string of the molecule is COc1cc(C)c(CN2CCN[C@H](C)C2)cc1OC.Cl. The summed E-state index contributed by atoms with van der Waals surface area (Å²) in [6.45, 7) is 8.58. The number of rotatable bonds is 4. The third-order valence-electron chi connectivity index (χ3n) is 3.69. The first-order valence-electron chi connectivity index (χ1n) is 6.81. The molecule has 114 valence electrons. The molecular weight excluding hydrogens is 276 g/mol. The number of ether oxygens (including phenoxy) is 2. The zero-order valence-electron chi connectivity index (χ0n) is 12.7. The summed E-state index contributed by atoms with van der Waals surface area (Å²) in [7, 11) is 3.36. The molecule has 0 aromatic heterocycles. The van der Waals surface area contributed by atoms with Crippen molar-refractivity contribution in [3.8, 4) is 11.5 Å². The highest BCUT2D eigenvalue weighted by Crippen LogP contribution is 2.30. The fourth-order valence-electron chi connectivity index (χ4n) is 2.59. The van der Waals surface area contributed by atoms with Gasteiger partial charge in [-0.1, -0.05) is 0 Å². The van der Waals surface area contributed by atoms with E-state index in [4.69, 9.17) is 9.47 Å². The maximum Gasteiger partial charge on any atom is 0.161 e. The highest BCUT2D eigenvalue weighted by Gasteiger charge is 2.17. The number of nitrogens with one attached hydrogen (secondary N) is 1. The summed E-state index contributed by atoms with van der Waals surface area (Å²) in [4.78, 5) is 2.48. The topological polar surface area (TPSA) is 33.7 Å². The lowest BCUT2D eigenvalue weighted by Gasteiger charge is -2.32. The lowest BCUT2D eigenvalue weighted by atomic mass is 10.1. The number of piperazine rings is 1. The van der Waals surface area contributed by atoms with Crippen molar-refractivity contribution < 1.29 is 9.47 Å². The van der Waals surface area contributed by atoms with E-state index in [1.807, 2.05) is 0 Å². The van der Waals surface area contributed by atoms with Gasteiger partial charge in [0.25, 0.3) is 0 Å². The summed E-state index contributed by atoms with van der Waals surface area (Å²) < 4.78 is 10.7. The minimum absolute atomic E-state index is 0. The van der Waals surface area contributed by atoms with Gasteiger partial charge in [-0.05, 0) is 37.1 Å². The third-order valence-corrected chi connectivity index (χ3v) is 3.69. The average molecular weight is 301 g/mol. The average Bonchev–Trinajstić information content (AvgIpc) is 2.40. The number of hydrogen-bond acceptors (Lipinski definition) is 4.